The smallest absolute Gasteiger partial charge is 0.295 e. The number of nitrogens with zero attached hydrogens (tertiary/aromatic N) is 3. The van der Waals surface area contributed by atoms with Gasteiger partial charge in [-0.2, -0.15) is 9.41 Å². The molecular formula is C19H22N4O5S. The molecule has 1 aliphatic heterocycles. The van der Waals surface area contributed by atoms with E-state index in [9.17, 15) is 18.5 Å². The van der Waals surface area contributed by atoms with E-state index < -0.39 is 14.9 Å². The molecule has 0 amide bonds. The standard InChI is InChI=1S/C19H22N4O5S/c1-14-3-4-16(15(2)11-14)13-20-21-18-6-5-17(12-19(18)23(24)25)29(26,27)22-7-9-28-10-8-22/h3-6,11-13,21H,7-10H2,1-2H3/b20-13-. The van der Waals surface area contributed by atoms with Gasteiger partial charge < -0.3 is 4.74 Å². The number of rotatable bonds is 6. The van der Waals surface area contributed by atoms with Crippen LogP contribution in [0.2, 0.25) is 0 Å². The van der Waals surface area contributed by atoms with Gasteiger partial charge in [-0.05, 0) is 37.1 Å². The maximum atomic E-state index is 12.7. The first-order valence-electron chi connectivity index (χ1n) is 9.02. The highest BCUT2D eigenvalue weighted by atomic mass is 32.2. The maximum Gasteiger partial charge on any atom is 0.295 e. The average Bonchev–Trinajstić information content (AvgIpc) is 2.70. The summed E-state index contributed by atoms with van der Waals surface area (Å²) in [6.45, 7) is 4.97. The molecule has 3 rings (SSSR count). The Morgan fingerprint density at radius 1 is 1.17 bits per heavy atom. The first-order chi connectivity index (χ1) is 13.8. The molecule has 0 spiro atoms. The lowest BCUT2D eigenvalue weighted by molar-refractivity contribution is -0.384. The van der Waals surface area contributed by atoms with Gasteiger partial charge >= 0.3 is 0 Å². The summed E-state index contributed by atoms with van der Waals surface area (Å²) in [5.74, 6) is 0. The quantitative estimate of drug-likeness (QED) is 0.438. The first-order valence-corrected chi connectivity index (χ1v) is 10.5. The molecule has 1 fully saturated rings. The first kappa shape index (κ1) is 20.9. The lowest BCUT2D eigenvalue weighted by atomic mass is 10.1. The van der Waals surface area contributed by atoms with Gasteiger partial charge in [-0.3, -0.25) is 15.5 Å². The molecule has 1 N–H and O–H groups in total. The number of nitro groups is 1. The zero-order valence-electron chi connectivity index (χ0n) is 16.2. The number of hydrazone groups is 1. The van der Waals surface area contributed by atoms with Crippen molar-refractivity contribution in [3.05, 3.63) is 63.2 Å². The lowest BCUT2D eigenvalue weighted by Crippen LogP contribution is -2.40. The highest BCUT2D eigenvalue weighted by Gasteiger charge is 2.28. The third kappa shape index (κ3) is 4.78. The molecule has 2 aromatic carbocycles. The summed E-state index contributed by atoms with van der Waals surface area (Å²) in [6.07, 6.45) is 1.57. The minimum atomic E-state index is -3.83. The fourth-order valence-electron chi connectivity index (χ4n) is 3.00. The number of sulfonamides is 1. The van der Waals surface area contributed by atoms with Crippen molar-refractivity contribution in [2.24, 2.45) is 5.10 Å². The van der Waals surface area contributed by atoms with Crippen LogP contribution in [0.15, 0.2) is 46.4 Å². The van der Waals surface area contributed by atoms with Gasteiger partial charge in [0, 0.05) is 19.2 Å². The van der Waals surface area contributed by atoms with Crippen LogP contribution in [0, 0.1) is 24.0 Å². The second-order valence-electron chi connectivity index (χ2n) is 6.68. The largest absolute Gasteiger partial charge is 0.379 e. The molecule has 10 heteroatoms. The van der Waals surface area contributed by atoms with Crippen molar-refractivity contribution in [3.63, 3.8) is 0 Å². The molecule has 0 bridgehead atoms. The second-order valence-corrected chi connectivity index (χ2v) is 8.62. The number of morpholine rings is 1. The number of benzene rings is 2. The Bertz CT molecular complexity index is 1050. The van der Waals surface area contributed by atoms with Gasteiger partial charge in [-0.25, -0.2) is 8.42 Å². The number of ether oxygens (including phenoxy) is 1. The minimum absolute atomic E-state index is 0.108. The third-order valence-electron chi connectivity index (χ3n) is 4.59. The van der Waals surface area contributed by atoms with Crippen LogP contribution < -0.4 is 5.43 Å². The molecule has 29 heavy (non-hydrogen) atoms. The summed E-state index contributed by atoms with van der Waals surface area (Å²) >= 11 is 0. The zero-order chi connectivity index (χ0) is 21.0. The van der Waals surface area contributed by atoms with Gasteiger partial charge in [0.05, 0.1) is 29.2 Å². The van der Waals surface area contributed by atoms with E-state index in [2.05, 4.69) is 10.5 Å². The van der Waals surface area contributed by atoms with Crippen molar-refractivity contribution in [1.82, 2.24) is 4.31 Å². The predicted octanol–water partition coefficient (Wildman–Crippen LogP) is 2.68. The van der Waals surface area contributed by atoms with Crippen molar-refractivity contribution in [3.8, 4) is 0 Å². The molecule has 1 aliphatic rings. The summed E-state index contributed by atoms with van der Waals surface area (Å²) in [4.78, 5) is 10.7. The van der Waals surface area contributed by atoms with Crippen molar-refractivity contribution in [1.29, 1.82) is 0 Å². The number of hydrogen-bond donors (Lipinski definition) is 1. The fourth-order valence-corrected chi connectivity index (χ4v) is 4.42. The van der Waals surface area contributed by atoms with E-state index in [1.807, 2.05) is 32.0 Å². The van der Waals surface area contributed by atoms with E-state index in [0.717, 1.165) is 22.8 Å². The Morgan fingerprint density at radius 3 is 2.55 bits per heavy atom. The Labute approximate surface area is 169 Å². The molecule has 2 aromatic rings. The van der Waals surface area contributed by atoms with Gasteiger partial charge in [0.15, 0.2) is 0 Å². The third-order valence-corrected chi connectivity index (χ3v) is 6.48. The second kappa shape index (κ2) is 8.68. The predicted molar refractivity (Wildman–Crippen MR) is 110 cm³/mol. The molecule has 0 unspecified atom stereocenters. The fraction of sp³-hybridized carbons (Fsp3) is 0.316. The van der Waals surface area contributed by atoms with E-state index in [1.54, 1.807) is 6.21 Å². The zero-order valence-corrected chi connectivity index (χ0v) is 17.0. The van der Waals surface area contributed by atoms with Gasteiger partial charge in [-0.15, -0.1) is 0 Å². The number of aryl methyl sites for hydroxylation is 2. The maximum absolute atomic E-state index is 12.7. The van der Waals surface area contributed by atoms with Crippen molar-refractivity contribution < 1.29 is 18.1 Å². The Morgan fingerprint density at radius 2 is 1.90 bits per heavy atom. The van der Waals surface area contributed by atoms with Crippen LogP contribution in [0.5, 0.6) is 0 Å². The van der Waals surface area contributed by atoms with Crippen LogP contribution in [0.3, 0.4) is 0 Å². The molecule has 0 aromatic heterocycles. The summed E-state index contributed by atoms with van der Waals surface area (Å²) in [7, 11) is -3.83. The molecule has 0 atom stereocenters. The molecule has 0 saturated carbocycles. The van der Waals surface area contributed by atoms with Crippen LogP contribution in [0.25, 0.3) is 0 Å². The molecule has 1 saturated heterocycles. The van der Waals surface area contributed by atoms with Crippen LogP contribution in [0.1, 0.15) is 16.7 Å². The molecule has 0 radical (unpaired) electrons. The van der Waals surface area contributed by atoms with E-state index in [1.165, 1.54) is 16.4 Å². The van der Waals surface area contributed by atoms with E-state index in [4.69, 9.17) is 4.74 Å². The van der Waals surface area contributed by atoms with Crippen molar-refractivity contribution >= 4 is 27.6 Å². The van der Waals surface area contributed by atoms with Gasteiger partial charge in [-0.1, -0.05) is 23.8 Å². The molecule has 0 aliphatic carbocycles. The topological polar surface area (TPSA) is 114 Å². The van der Waals surface area contributed by atoms with Gasteiger partial charge in [0.25, 0.3) is 5.69 Å². The summed E-state index contributed by atoms with van der Waals surface area (Å²) in [5.41, 5.74) is 5.41. The molecule has 154 valence electrons. The average molecular weight is 418 g/mol. The summed E-state index contributed by atoms with van der Waals surface area (Å²) in [5, 5.41) is 15.6. The van der Waals surface area contributed by atoms with E-state index in [-0.39, 0.29) is 29.4 Å². The van der Waals surface area contributed by atoms with Crippen molar-refractivity contribution in [2.45, 2.75) is 18.7 Å². The van der Waals surface area contributed by atoms with Crippen LogP contribution >= 0.6 is 0 Å². The lowest BCUT2D eigenvalue weighted by Gasteiger charge is -2.26. The minimum Gasteiger partial charge on any atom is -0.379 e. The van der Waals surface area contributed by atoms with Crippen molar-refractivity contribution in [2.75, 3.05) is 31.7 Å². The number of hydrogen-bond acceptors (Lipinski definition) is 7. The van der Waals surface area contributed by atoms with E-state index >= 15 is 0 Å². The Balaban J connectivity index is 1.84. The monoisotopic (exact) mass is 418 g/mol. The Hall–Kier alpha value is -2.82. The number of anilines is 1. The number of nitrogens with one attached hydrogen (secondary N) is 1. The summed E-state index contributed by atoms with van der Waals surface area (Å²) < 4.78 is 31.9. The highest BCUT2D eigenvalue weighted by Crippen LogP contribution is 2.29. The molecule has 1 heterocycles. The summed E-state index contributed by atoms with van der Waals surface area (Å²) in [6, 6.07) is 9.61. The Kier molecular flexibility index (Phi) is 6.26. The van der Waals surface area contributed by atoms with Gasteiger partial charge in [0.2, 0.25) is 10.0 Å². The van der Waals surface area contributed by atoms with Gasteiger partial charge in [0.1, 0.15) is 5.69 Å². The van der Waals surface area contributed by atoms with E-state index in [0.29, 0.717) is 13.2 Å². The van der Waals surface area contributed by atoms with Crippen LogP contribution in [0.4, 0.5) is 11.4 Å². The SMILES string of the molecule is Cc1ccc(/C=N\Nc2ccc(S(=O)(=O)N3CCOCC3)cc2[N+](=O)[O-])c(C)c1. The van der Waals surface area contributed by atoms with Crippen LogP contribution in [-0.4, -0.2) is 50.2 Å². The highest BCUT2D eigenvalue weighted by molar-refractivity contribution is 7.89. The molecule has 9 nitrogen and oxygen atoms in total. The number of nitro benzene ring substituents is 1. The molecular weight excluding hydrogens is 396 g/mol. The normalized spacial score (nSPS) is 15.5. The van der Waals surface area contributed by atoms with Crippen LogP contribution in [-0.2, 0) is 14.8 Å².